The Morgan fingerprint density at radius 2 is 0.900 bits per heavy atom. The maximum Gasteiger partial charge on any atom is 0.127 e. The first-order valence-corrected chi connectivity index (χ1v) is 17.1. The van der Waals surface area contributed by atoms with Crippen LogP contribution in [0.3, 0.4) is 0 Å². The number of hydrogen-bond donors (Lipinski definition) is 0. The van der Waals surface area contributed by atoms with E-state index in [0.29, 0.717) is 0 Å². The summed E-state index contributed by atoms with van der Waals surface area (Å²) in [5.74, 6) is 3.19. The second-order valence-corrected chi connectivity index (χ2v) is 13.4. The number of rotatable bonds is 7. The highest BCUT2D eigenvalue weighted by Crippen LogP contribution is 2.57. The van der Waals surface area contributed by atoms with E-state index < -0.39 is 0 Å². The van der Waals surface area contributed by atoms with Crippen molar-refractivity contribution in [2.24, 2.45) is 0 Å². The smallest absolute Gasteiger partial charge is 0.127 e. The van der Waals surface area contributed by atoms with E-state index in [-0.39, 0.29) is 5.41 Å². The van der Waals surface area contributed by atoms with Crippen molar-refractivity contribution in [1.29, 1.82) is 0 Å². The summed E-state index contributed by atoms with van der Waals surface area (Å²) in [6, 6.07) is 61.3. The number of anilines is 3. The van der Waals surface area contributed by atoms with Crippen LogP contribution < -0.4 is 14.4 Å². The summed E-state index contributed by atoms with van der Waals surface area (Å²) in [4.78, 5) is 2.39. The number of hydrogen-bond acceptors (Lipinski definition) is 3. The fourth-order valence-corrected chi connectivity index (χ4v) is 7.52. The lowest BCUT2D eigenvalue weighted by Crippen LogP contribution is -2.20. The summed E-state index contributed by atoms with van der Waals surface area (Å²) in [5, 5.41) is 4.99. The van der Waals surface area contributed by atoms with Crippen LogP contribution in [-0.2, 0) is 5.41 Å². The van der Waals surface area contributed by atoms with E-state index in [0.717, 1.165) is 40.1 Å². The molecule has 3 heteroatoms. The predicted molar refractivity (Wildman–Crippen MR) is 207 cm³/mol. The van der Waals surface area contributed by atoms with Crippen LogP contribution in [-0.4, -0.2) is 0 Å². The van der Waals surface area contributed by atoms with E-state index in [9.17, 15) is 0 Å². The third kappa shape index (κ3) is 5.15. The van der Waals surface area contributed by atoms with Crippen LogP contribution in [0.4, 0.5) is 17.1 Å². The van der Waals surface area contributed by atoms with Gasteiger partial charge in [-0.25, -0.2) is 0 Å². The summed E-state index contributed by atoms with van der Waals surface area (Å²) < 4.78 is 12.4. The van der Waals surface area contributed by atoms with Crippen LogP contribution in [0.2, 0.25) is 0 Å². The van der Waals surface area contributed by atoms with Gasteiger partial charge in [0.15, 0.2) is 0 Å². The normalized spacial score (nSPS) is 12.8. The molecule has 0 bridgehead atoms. The van der Waals surface area contributed by atoms with Gasteiger partial charge in [0.05, 0.1) is 5.69 Å². The van der Waals surface area contributed by atoms with Gasteiger partial charge in [0.1, 0.15) is 23.0 Å². The Hall–Kier alpha value is -6.32. The first-order valence-electron chi connectivity index (χ1n) is 17.1. The average molecular weight is 646 g/mol. The SMILES string of the molecule is CC1(C)c2cc3ccccc3cc2-c2c1c(N(c1ccc(Oc3ccccc3)cc1)c1ccc(Oc3ccccc3)cc1)cc1ccccc21. The number of nitrogens with zero attached hydrogens (tertiary/aromatic N) is 1. The van der Waals surface area contributed by atoms with Crippen molar-refractivity contribution in [3.8, 4) is 34.1 Å². The fraction of sp³-hybridized carbons (Fsp3) is 0.0638. The molecule has 1 aliphatic carbocycles. The fourth-order valence-electron chi connectivity index (χ4n) is 7.52. The second kappa shape index (κ2) is 12.0. The van der Waals surface area contributed by atoms with Gasteiger partial charge in [0.2, 0.25) is 0 Å². The molecule has 0 atom stereocenters. The molecule has 0 fully saturated rings. The first kappa shape index (κ1) is 29.8. The van der Waals surface area contributed by atoms with Crippen molar-refractivity contribution in [3.05, 3.63) is 187 Å². The van der Waals surface area contributed by atoms with Gasteiger partial charge in [0.25, 0.3) is 0 Å². The largest absolute Gasteiger partial charge is 0.457 e. The summed E-state index contributed by atoms with van der Waals surface area (Å²) in [5.41, 5.74) is 8.24. The molecule has 0 spiro atoms. The Balaban J connectivity index is 1.24. The van der Waals surface area contributed by atoms with Gasteiger partial charge in [-0.1, -0.05) is 98.8 Å². The van der Waals surface area contributed by atoms with Gasteiger partial charge < -0.3 is 14.4 Å². The van der Waals surface area contributed by atoms with E-state index in [1.807, 2.05) is 60.7 Å². The van der Waals surface area contributed by atoms with Gasteiger partial charge >= 0.3 is 0 Å². The molecular weight excluding hydrogens is 611 g/mol. The van der Waals surface area contributed by atoms with Crippen molar-refractivity contribution in [1.82, 2.24) is 0 Å². The molecule has 0 radical (unpaired) electrons. The molecule has 0 N–H and O–H groups in total. The van der Waals surface area contributed by atoms with E-state index in [2.05, 4.69) is 134 Å². The van der Waals surface area contributed by atoms with Crippen LogP contribution in [0.25, 0.3) is 32.7 Å². The van der Waals surface area contributed by atoms with Crippen molar-refractivity contribution in [3.63, 3.8) is 0 Å². The minimum Gasteiger partial charge on any atom is -0.457 e. The van der Waals surface area contributed by atoms with Crippen molar-refractivity contribution < 1.29 is 9.47 Å². The zero-order chi connectivity index (χ0) is 33.7. The van der Waals surface area contributed by atoms with Crippen LogP contribution in [0, 0.1) is 0 Å². The van der Waals surface area contributed by atoms with Gasteiger partial charge in [-0.2, -0.15) is 0 Å². The summed E-state index contributed by atoms with van der Waals surface area (Å²) in [7, 11) is 0. The quantitative estimate of drug-likeness (QED) is 0.172. The monoisotopic (exact) mass is 645 g/mol. The maximum atomic E-state index is 6.21. The molecule has 0 aromatic heterocycles. The van der Waals surface area contributed by atoms with Crippen LogP contribution in [0.15, 0.2) is 176 Å². The summed E-state index contributed by atoms with van der Waals surface area (Å²) >= 11 is 0. The third-order valence-corrected chi connectivity index (χ3v) is 9.87. The Labute approximate surface area is 292 Å². The molecular formula is C47H35NO2. The minimum absolute atomic E-state index is 0.265. The Bertz CT molecular complexity index is 2400. The average Bonchev–Trinajstić information content (AvgIpc) is 3.39. The van der Waals surface area contributed by atoms with E-state index in [1.54, 1.807) is 0 Å². The summed E-state index contributed by atoms with van der Waals surface area (Å²) in [6.45, 7) is 4.74. The van der Waals surface area contributed by atoms with Gasteiger partial charge in [-0.3, -0.25) is 0 Å². The molecule has 0 aliphatic heterocycles. The Morgan fingerprint density at radius 1 is 0.440 bits per heavy atom. The molecule has 50 heavy (non-hydrogen) atoms. The molecule has 0 heterocycles. The Morgan fingerprint density at radius 3 is 1.46 bits per heavy atom. The van der Waals surface area contributed by atoms with Gasteiger partial charge in [0, 0.05) is 16.8 Å². The number of para-hydroxylation sites is 2. The van der Waals surface area contributed by atoms with Gasteiger partial charge in [-0.05, 0) is 135 Å². The molecule has 0 amide bonds. The van der Waals surface area contributed by atoms with E-state index in [1.165, 1.54) is 43.8 Å². The molecule has 1 aliphatic rings. The first-order chi connectivity index (χ1) is 24.5. The third-order valence-electron chi connectivity index (χ3n) is 9.87. The number of ether oxygens (including phenoxy) is 2. The zero-order valence-electron chi connectivity index (χ0n) is 28.0. The molecule has 0 unspecified atom stereocenters. The van der Waals surface area contributed by atoms with E-state index in [4.69, 9.17) is 9.47 Å². The molecule has 3 nitrogen and oxygen atoms in total. The topological polar surface area (TPSA) is 21.7 Å². The molecule has 240 valence electrons. The number of benzene rings is 8. The lowest BCUT2D eigenvalue weighted by Gasteiger charge is -2.33. The van der Waals surface area contributed by atoms with Crippen LogP contribution in [0.1, 0.15) is 25.0 Å². The molecule has 8 aromatic rings. The molecule has 9 rings (SSSR count). The zero-order valence-corrected chi connectivity index (χ0v) is 28.0. The lowest BCUT2D eigenvalue weighted by atomic mass is 9.80. The molecule has 8 aromatic carbocycles. The second-order valence-electron chi connectivity index (χ2n) is 13.4. The summed E-state index contributed by atoms with van der Waals surface area (Å²) in [6.07, 6.45) is 0. The van der Waals surface area contributed by atoms with Crippen molar-refractivity contribution in [2.75, 3.05) is 4.90 Å². The van der Waals surface area contributed by atoms with E-state index >= 15 is 0 Å². The van der Waals surface area contributed by atoms with Gasteiger partial charge in [-0.15, -0.1) is 0 Å². The highest BCUT2D eigenvalue weighted by Gasteiger charge is 2.40. The Kier molecular flexibility index (Phi) is 7.14. The van der Waals surface area contributed by atoms with Crippen LogP contribution in [0.5, 0.6) is 23.0 Å². The predicted octanol–water partition coefficient (Wildman–Crippen LogP) is 13.4. The minimum atomic E-state index is -0.265. The van der Waals surface area contributed by atoms with Crippen LogP contribution >= 0.6 is 0 Å². The maximum absolute atomic E-state index is 6.21. The highest BCUT2D eigenvalue weighted by molar-refractivity contribution is 6.09. The highest BCUT2D eigenvalue weighted by atomic mass is 16.5. The number of fused-ring (bicyclic) bond motifs is 6. The van der Waals surface area contributed by atoms with Crippen molar-refractivity contribution >= 4 is 38.6 Å². The lowest BCUT2D eigenvalue weighted by molar-refractivity contribution is 0.482. The standard InChI is InChI=1S/C47H35NO2/c1-47(2)43-30-33-14-10-9-13-32(33)29-42(43)45-41-20-12-11-15-34(41)31-44(46(45)47)48(35-21-25-39(26-22-35)49-37-16-5-3-6-17-37)36-23-27-40(28-24-36)50-38-18-7-4-8-19-38/h3-31H,1-2H3. The molecule has 0 saturated heterocycles. The van der Waals surface area contributed by atoms with Crippen molar-refractivity contribution in [2.45, 2.75) is 19.3 Å². The molecule has 0 saturated carbocycles.